The van der Waals surface area contributed by atoms with Crippen LogP contribution in [0.25, 0.3) is 0 Å². The molecule has 0 unspecified atom stereocenters. The van der Waals surface area contributed by atoms with E-state index in [4.69, 9.17) is 11.6 Å². The van der Waals surface area contributed by atoms with E-state index in [2.05, 4.69) is 36.4 Å². The van der Waals surface area contributed by atoms with Crippen molar-refractivity contribution in [2.45, 2.75) is 32.9 Å². The van der Waals surface area contributed by atoms with E-state index in [1.807, 2.05) is 10.9 Å². The third-order valence-electron chi connectivity index (χ3n) is 2.65. The van der Waals surface area contributed by atoms with Crippen molar-refractivity contribution < 1.29 is 5.11 Å². The molecule has 19 heavy (non-hydrogen) atoms. The van der Waals surface area contributed by atoms with E-state index in [1.54, 1.807) is 18.2 Å². The Morgan fingerprint density at radius 2 is 2.11 bits per heavy atom. The van der Waals surface area contributed by atoms with Gasteiger partial charge in [-0.05, 0) is 39.0 Å². The van der Waals surface area contributed by atoms with Crippen molar-refractivity contribution in [3.63, 3.8) is 0 Å². The van der Waals surface area contributed by atoms with Gasteiger partial charge in [0.05, 0.1) is 23.3 Å². The summed E-state index contributed by atoms with van der Waals surface area (Å²) < 4.78 is 1.83. The number of phenolic OH excluding ortho intramolecular Hbond substituents is 1. The fraction of sp³-hybridized carbons (Fsp3) is 0.385. The summed E-state index contributed by atoms with van der Waals surface area (Å²) in [5, 5.41) is 21.0. The minimum absolute atomic E-state index is 0.0749. The minimum Gasteiger partial charge on any atom is -0.506 e. The summed E-state index contributed by atoms with van der Waals surface area (Å²) in [6.45, 7) is 6.76. The lowest BCUT2D eigenvalue weighted by Crippen LogP contribution is -2.22. The average Bonchev–Trinajstić information content (AvgIpc) is 2.79. The largest absolute Gasteiger partial charge is 0.506 e. The van der Waals surface area contributed by atoms with Gasteiger partial charge in [-0.3, -0.25) is 0 Å². The van der Waals surface area contributed by atoms with Crippen molar-refractivity contribution in [2.75, 3.05) is 5.32 Å². The molecular weight excluding hydrogens is 264 g/mol. The molecule has 2 rings (SSSR count). The first-order valence-electron chi connectivity index (χ1n) is 6.00. The fourth-order valence-corrected chi connectivity index (χ4v) is 1.70. The van der Waals surface area contributed by atoms with Crippen LogP contribution in [0.2, 0.25) is 5.02 Å². The van der Waals surface area contributed by atoms with Crippen molar-refractivity contribution in [3.8, 4) is 5.75 Å². The molecule has 0 aliphatic rings. The molecule has 2 aromatic rings. The quantitative estimate of drug-likeness (QED) is 0.849. The highest BCUT2D eigenvalue weighted by atomic mass is 35.5. The third-order valence-corrected chi connectivity index (χ3v) is 2.95. The smallest absolute Gasteiger partial charge is 0.134 e. The Labute approximate surface area is 117 Å². The van der Waals surface area contributed by atoms with Crippen molar-refractivity contribution in [1.29, 1.82) is 0 Å². The van der Waals surface area contributed by atoms with E-state index in [0.29, 0.717) is 11.6 Å². The van der Waals surface area contributed by atoms with Gasteiger partial charge in [0.2, 0.25) is 0 Å². The van der Waals surface area contributed by atoms with Gasteiger partial charge >= 0.3 is 0 Å². The number of aromatic nitrogens is 3. The summed E-state index contributed by atoms with van der Waals surface area (Å²) in [6.07, 6.45) is 1.91. The average molecular weight is 281 g/mol. The van der Waals surface area contributed by atoms with E-state index in [9.17, 15) is 5.11 Å². The van der Waals surface area contributed by atoms with Gasteiger partial charge in [0.15, 0.2) is 0 Å². The summed E-state index contributed by atoms with van der Waals surface area (Å²) in [4.78, 5) is 0. The molecule has 5 nitrogen and oxygen atoms in total. The lowest BCUT2D eigenvalue weighted by molar-refractivity contribution is 0.347. The zero-order valence-electron chi connectivity index (χ0n) is 11.2. The molecule has 0 atom stereocenters. The van der Waals surface area contributed by atoms with Crippen LogP contribution in [0.5, 0.6) is 5.75 Å². The Hall–Kier alpha value is -1.75. The van der Waals surface area contributed by atoms with Gasteiger partial charge < -0.3 is 10.4 Å². The van der Waals surface area contributed by atoms with Gasteiger partial charge in [0.25, 0.3) is 0 Å². The van der Waals surface area contributed by atoms with Crippen molar-refractivity contribution >= 4 is 17.3 Å². The molecule has 0 saturated carbocycles. The Kier molecular flexibility index (Phi) is 3.66. The van der Waals surface area contributed by atoms with Crippen LogP contribution in [-0.4, -0.2) is 20.1 Å². The summed E-state index contributed by atoms with van der Waals surface area (Å²) >= 11 is 5.84. The molecular formula is C13H17ClN4O. The first-order valence-corrected chi connectivity index (χ1v) is 6.38. The first-order chi connectivity index (χ1) is 8.86. The van der Waals surface area contributed by atoms with Gasteiger partial charge in [-0.15, -0.1) is 5.10 Å². The molecule has 0 aliphatic carbocycles. The number of rotatable bonds is 3. The Morgan fingerprint density at radius 1 is 1.37 bits per heavy atom. The van der Waals surface area contributed by atoms with Crippen LogP contribution < -0.4 is 5.32 Å². The normalized spacial score (nSPS) is 11.6. The number of benzene rings is 1. The van der Waals surface area contributed by atoms with Gasteiger partial charge in [0, 0.05) is 5.69 Å². The number of halogens is 1. The molecule has 102 valence electrons. The first kappa shape index (κ1) is 13.7. The second kappa shape index (κ2) is 5.09. The Balaban J connectivity index is 2.02. The Bertz CT molecular complexity index is 574. The highest BCUT2D eigenvalue weighted by Crippen LogP contribution is 2.26. The summed E-state index contributed by atoms with van der Waals surface area (Å²) in [6, 6.07) is 4.98. The second-order valence-electron chi connectivity index (χ2n) is 5.35. The standard InChI is InChI=1S/C13H17ClN4O/c1-13(2,3)18-8-10(16-17-18)7-15-9-4-5-12(19)11(14)6-9/h4-6,8,15,19H,7H2,1-3H3. The van der Waals surface area contributed by atoms with E-state index in [1.165, 1.54) is 0 Å². The molecule has 1 aromatic carbocycles. The molecule has 0 saturated heterocycles. The third kappa shape index (κ3) is 3.38. The van der Waals surface area contributed by atoms with Crippen molar-refractivity contribution in [2.24, 2.45) is 0 Å². The summed E-state index contributed by atoms with van der Waals surface area (Å²) in [5.41, 5.74) is 1.60. The molecule has 0 amide bonds. The topological polar surface area (TPSA) is 63.0 Å². The predicted molar refractivity (Wildman–Crippen MR) is 75.5 cm³/mol. The molecule has 6 heteroatoms. The molecule has 0 aliphatic heterocycles. The van der Waals surface area contributed by atoms with E-state index >= 15 is 0 Å². The van der Waals surface area contributed by atoms with Crippen molar-refractivity contribution in [3.05, 3.63) is 35.1 Å². The van der Waals surface area contributed by atoms with Crippen LogP contribution in [0.4, 0.5) is 5.69 Å². The van der Waals surface area contributed by atoms with E-state index in [-0.39, 0.29) is 11.3 Å². The van der Waals surface area contributed by atoms with Gasteiger partial charge in [-0.25, -0.2) is 4.68 Å². The summed E-state index contributed by atoms with van der Waals surface area (Å²) in [5.74, 6) is 0.0749. The fourth-order valence-electron chi connectivity index (χ4n) is 1.52. The Morgan fingerprint density at radius 3 is 2.68 bits per heavy atom. The molecule has 0 bridgehead atoms. The van der Waals surface area contributed by atoms with Crippen LogP contribution in [0.15, 0.2) is 24.4 Å². The van der Waals surface area contributed by atoms with Crippen LogP contribution in [0, 0.1) is 0 Å². The lowest BCUT2D eigenvalue weighted by Gasteiger charge is -2.17. The van der Waals surface area contributed by atoms with Gasteiger partial charge in [0.1, 0.15) is 11.4 Å². The number of phenols is 1. The monoisotopic (exact) mass is 280 g/mol. The minimum atomic E-state index is -0.0763. The van der Waals surface area contributed by atoms with Gasteiger partial charge in [-0.1, -0.05) is 16.8 Å². The second-order valence-corrected chi connectivity index (χ2v) is 5.75. The maximum absolute atomic E-state index is 9.34. The number of anilines is 1. The number of nitrogens with zero attached hydrogens (tertiary/aromatic N) is 3. The van der Waals surface area contributed by atoms with E-state index in [0.717, 1.165) is 11.4 Å². The molecule has 1 aromatic heterocycles. The number of hydrogen-bond acceptors (Lipinski definition) is 4. The summed E-state index contributed by atoms with van der Waals surface area (Å²) in [7, 11) is 0. The maximum atomic E-state index is 9.34. The molecule has 1 heterocycles. The van der Waals surface area contributed by atoms with Gasteiger partial charge in [-0.2, -0.15) is 0 Å². The number of nitrogens with one attached hydrogen (secondary N) is 1. The highest BCUT2D eigenvalue weighted by molar-refractivity contribution is 6.32. The van der Waals surface area contributed by atoms with Crippen LogP contribution in [0.3, 0.4) is 0 Å². The van der Waals surface area contributed by atoms with Crippen LogP contribution in [-0.2, 0) is 12.1 Å². The maximum Gasteiger partial charge on any atom is 0.134 e. The number of hydrogen-bond donors (Lipinski definition) is 2. The lowest BCUT2D eigenvalue weighted by atomic mass is 10.1. The van der Waals surface area contributed by atoms with E-state index < -0.39 is 0 Å². The van der Waals surface area contributed by atoms with Crippen molar-refractivity contribution in [1.82, 2.24) is 15.0 Å². The predicted octanol–water partition coefficient (Wildman–Crippen LogP) is 3.00. The SMILES string of the molecule is CC(C)(C)n1cc(CNc2ccc(O)c(Cl)c2)nn1. The molecule has 2 N–H and O–H groups in total. The van der Waals surface area contributed by atoms with Crippen LogP contribution >= 0.6 is 11.6 Å². The molecule has 0 radical (unpaired) electrons. The molecule has 0 fully saturated rings. The molecule has 0 spiro atoms. The van der Waals surface area contributed by atoms with Crippen LogP contribution in [0.1, 0.15) is 26.5 Å². The zero-order valence-corrected chi connectivity index (χ0v) is 11.9. The number of aromatic hydroxyl groups is 1. The highest BCUT2D eigenvalue weighted by Gasteiger charge is 2.14. The zero-order chi connectivity index (χ0) is 14.0.